The quantitative estimate of drug-likeness (QED) is 0.805. The van der Waals surface area contributed by atoms with Crippen LogP contribution in [-0.2, 0) is 6.54 Å². The lowest BCUT2D eigenvalue weighted by atomic mass is 10.1. The molecular weight excluding hydrogens is 342 g/mol. The van der Waals surface area contributed by atoms with Crippen LogP contribution in [0.15, 0.2) is 51.4 Å². The van der Waals surface area contributed by atoms with E-state index in [1.54, 1.807) is 0 Å². The third kappa shape index (κ3) is 3.58. The molecule has 2 rings (SSSR count). The van der Waals surface area contributed by atoms with Crippen LogP contribution in [0.2, 0.25) is 0 Å². The van der Waals surface area contributed by atoms with Gasteiger partial charge >= 0.3 is 0 Å². The average molecular weight is 355 g/mol. The fraction of sp³-hybridized carbons (Fsp3) is 0.143. The molecule has 0 amide bonds. The summed E-state index contributed by atoms with van der Waals surface area (Å²) in [5.74, 6) is 0. The minimum Gasteiger partial charge on any atom is -0.380 e. The zero-order valence-corrected chi connectivity index (χ0v) is 12.7. The van der Waals surface area contributed by atoms with E-state index >= 15 is 0 Å². The summed E-state index contributed by atoms with van der Waals surface area (Å²) in [6, 6.07) is 14.7. The maximum absolute atomic E-state index is 3.53. The number of nitrogens with one attached hydrogen (secondary N) is 1. The fourth-order valence-electron chi connectivity index (χ4n) is 1.54. The van der Waals surface area contributed by atoms with E-state index in [4.69, 9.17) is 0 Å². The molecule has 2 aromatic rings. The molecule has 0 radical (unpaired) electrons. The summed E-state index contributed by atoms with van der Waals surface area (Å²) in [4.78, 5) is 0. The highest BCUT2D eigenvalue weighted by Crippen LogP contribution is 2.26. The zero-order valence-electron chi connectivity index (χ0n) is 9.50. The molecule has 0 aliphatic carbocycles. The molecule has 1 N–H and O–H groups in total. The second kappa shape index (κ2) is 5.69. The average Bonchev–Trinajstić information content (AvgIpc) is 2.32. The van der Waals surface area contributed by atoms with Gasteiger partial charge in [0, 0.05) is 21.2 Å². The highest BCUT2D eigenvalue weighted by molar-refractivity contribution is 9.11. The predicted molar refractivity (Wildman–Crippen MR) is 80.3 cm³/mol. The third-order valence-electron chi connectivity index (χ3n) is 2.53. The van der Waals surface area contributed by atoms with E-state index in [1.165, 1.54) is 11.1 Å². The van der Waals surface area contributed by atoms with Gasteiger partial charge in [-0.2, -0.15) is 0 Å². The number of anilines is 1. The van der Waals surface area contributed by atoms with Crippen molar-refractivity contribution in [2.75, 3.05) is 5.32 Å². The summed E-state index contributed by atoms with van der Waals surface area (Å²) in [7, 11) is 0. The molecule has 0 saturated heterocycles. The maximum atomic E-state index is 3.53. The van der Waals surface area contributed by atoms with Gasteiger partial charge in [-0.1, -0.05) is 45.8 Å². The first-order valence-corrected chi connectivity index (χ1v) is 6.98. The van der Waals surface area contributed by atoms with Crippen molar-refractivity contribution in [2.24, 2.45) is 0 Å². The Morgan fingerprint density at radius 3 is 2.41 bits per heavy atom. The third-order valence-corrected chi connectivity index (χ3v) is 3.72. The summed E-state index contributed by atoms with van der Waals surface area (Å²) >= 11 is 7.00. The summed E-state index contributed by atoms with van der Waals surface area (Å²) in [6.45, 7) is 2.93. The molecule has 0 fully saturated rings. The normalized spacial score (nSPS) is 10.3. The number of benzene rings is 2. The van der Waals surface area contributed by atoms with Crippen LogP contribution >= 0.6 is 31.9 Å². The van der Waals surface area contributed by atoms with Crippen LogP contribution < -0.4 is 5.32 Å². The van der Waals surface area contributed by atoms with Gasteiger partial charge in [0.2, 0.25) is 0 Å². The summed E-state index contributed by atoms with van der Waals surface area (Å²) in [5.41, 5.74) is 3.67. The van der Waals surface area contributed by atoms with Crippen LogP contribution in [0.1, 0.15) is 11.1 Å². The van der Waals surface area contributed by atoms with Crippen LogP contribution in [0.5, 0.6) is 0 Å². The summed E-state index contributed by atoms with van der Waals surface area (Å²) < 4.78 is 2.15. The highest BCUT2D eigenvalue weighted by Gasteiger charge is 2.00. The second-order valence-corrected chi connectivity index (χ2v) is 5.73. The SMILES string of the molecule is Cc1ccc(CNc2cc(Br)ccc2Br)cc1. The van der Waals surface area contributed by atoms with Gasteiger partial charge in [-0.3, -0.25) is 0 Å². The van der Waals surface area contributed by atoms with Crippen molar-refractivity contribution in [1.82, 2.24) is 0 Å². The number of aryl methyl sites for hydroxylation is 1. The van der Waals surface area contributed by atoms with Crippen molar-refractivity contribution < 1.29 is 0 Å². The van der Waals surface area contributed by atoms with E-state index in [2.05, 4.69) is 74.4 Å². The Balaban J connectivity index is 2.07. The lowest BCUT2D eigenvalue weighted by Crippen LogP contribution is -1.99. The lowest BCUT2D eigenvalue weighted by Gasteiger charge is -2.09. The molecule has 0 aliphatic heterocycles. The zero-order chi connectivity index (χ0) is 12.3. The molecule has 0 atom stereocenters. The molecule has 0 unspecified atom stereocenters. The molecule has 88 valence electrons. The van der Waals surface area contributed by atoms with Gasteiger partial charge < -0.3 is 5.32 Å². The van der Waals surface area contributed by atoms with Crippen molar-refractivity contribution in [3.63, 3.8) is 0 Å². The largest absolute Gasteiger partial charge is 0.380 e. The fourth-order valence-corrected chi connectivity index (χ4v) is 2.28. The highest BCUT2D eigenvalue weighted by atomic mass is 79.9. The topological polar surface area (TPSA) is 12.0 Å². The number of halogens is 2. The van der Waals surface area contributed by atoms with E-state index in [0.29, 0.717) is 0 Å². The predicted octanol–water partition coefficient (Wildman–Crippen LogP) is 5.13. The van der Waals surface area contributed by atoms with Crippen molar-refractivity contribution in [3.05, 3.63) is 62.5 Å². The molecule has 0 aliphatic rings. The first-order chi connectivity index (χ1) is 8.15. The molecule has 1 nitrogen and oxygen atoms in total. The Bertz CT molecular complexity index is 506. The van der Waals surface area contributed by atoms with Crippen LogP contribution in [0.25, 0.3) is 0 Å². The number of rotatable bonds is 3. The van der Waals surface area contributed by atoms with Crippen molar-refractivity contribution in [1.29, 1.82) is 0 Å². The molecule has 0 bridgehead atoms. The molecule has 3 heteroatoms. The van der Waals surface area contributed by atoms with Crippen molar-refractivity contribution in [3.8, 4) is 0 Å². The van der Waals surface area contributed by atoms with E-state index in [9.17, 15) is 0 Å². The van der Waals surface area contributed by atoms with Crippen LogP contribution in [0, 0.1) is 6.92 Å². The molecule has 0 aromatic heterocycles. The van der Waals surface area contributed by atoms with E-state index in [0.717, 1.165) is 21.2 Å². The van der Waals surface area contributed by atoms with Gasteiger partial charge in [-0.15, -0.1) is 0 Å². The Hall–Kier alpha value is -0.800. The Kier molecular flexibility index (Phi) is 4.24. The first kappa shape index (κ1) is 12.7. The van der Waals surface area contributed by atoms with E-state index in [1.807, 2.05) is 12.1 Å². The molecule has 17 heavy (non-hydrogen) atoms. The summed E-state index contributed by atoms with van der Waals surface area (Å²) in [5, 5.41) is 3.41. The van der Waals surface area contributed by atoms with Crippen LogP contribution in [-0.4, -0.2) is 0 Å². The number of hydrogen-bond donors (Lipinski definition) is 1. The lowest BCUT2D eigenvalue weighted by molar-refractivity contribution is 1.14. The van der Waals surface area contributed by atoms with E-state index < -0.39 is 0 Å². The molecule has 0 heterocycles. The number of hydrogen-bond acceptors (Lipinski definition) is 1. The first-order valence-electron chi connectivity index (χ1n) is 5.39. The smallest absolute Gasteiger partial charge is 0.0498 e. The Morgan fingerprint density at radius 2 is 1.71 bits per heavy atom. The van der Waals surface area contributed by atoms with Gasteiger partial charge in [-0.25, -0.2) is 0 Å². The monoisotopic (exact) mass is 353 g/mol. The second-order valence-electron chi connectivity index (χ2n) is 3.96. The van der Waals surface area contributed by atoms with Crippen LogP contribution in [0.4, 0.5) is 5.69 Å². The minimum atomic E-state index is 0.829. The van der Waals surface area contributed by atoms with Gasteiger partial charge in [-0.05, 0) is 46.6 Å². The van der Waals surface area contributed by atoms with Crippen LogP contribution in [0.3, 0.4) is 0 Å². The van der Waals surface area contributed by atoms with Gasteiger partial charge in [0.15, 0.2) is 0 Å². The molecule has 0 saturated carbocycles. The minimum absolute atomic E-state index is 0.829. The van der Waals surface area contributed by atoms with E-state index in [-0.39, 0.29) is 0 Å². The molecular formula is C14H13Br2N. The van der Waals surface area contributed by atoms with Gasteiger partial charge in [0.1, 0.15) is 0 Å². The molecule has 2 aromatic carbocycles. The molecule has 0 spiro atoms. The van der Waals surface area contributed by atoms with Gasteiger partial charge in [0.25, 0.3) is 0 Å². The maximum Gasteiger partial charge on any atom is 0.0498 e. The Labute approximate surface area is 119 Å². The summed E-state index contributed by atoms with van der Waals surface area (Å²) in [6.07, 6.45) is 0. The Morgan fingerprint density at radius 1 is 1.00 bits per heavy atom. The van der Waals surface area contributed by atoms with Gasteiger partial charge in [0.05, 0.1) is 0 Å². The van der Waals surface area contributed by atoms with Crippen molar-refractivity contribution >= 4 is 37.5 Å². The standard InChI is InChI=1S/C14H13Br2N/c1-10-2-4-11(5-3-10)9-17-14-8-12(15)6-7-13(14)16/h2-8,17H,9H2,1H3. The van der Waals surface area contributed by atoms with Crippen molar-refractivity contribution in [2.45, 2.75) is 13.5 Å².